The Bertz CT molecular complexity index is 748. The van der Waals surface area contributed by atoms with Crippen LogP contribution >= 0.6 is 22.9 Å². The fourth-order valence-electron chi connectivity index (χ4n) is 1.57. The summed E-state index contributed by atoms with van der Waals surface area (Å²) in [5, 5.41) is 8.72. The number of sulfonamides is 1. The Balaban J connectivity index is 2.18. The van der Waals surface area contributed by atoms with E-state index in [9.17, 15) is 8.42 Å². The van der Waals surface area contributed by atoms with E-state index in [1.807, 2.05) is 6.07 Å². The molecule has 1 heterocycles. The maximum Gasteiger partial charge on any atom is 0.252 e. The average Bonchev–Trinajstić information content (AvgIpc) is 2.86. The fraction of sp³-hybridized carbons (Fsp3) is 0.167. The molecule has 1 N–H and O–H groups in total. The number of thiazole rings is 1. The van der Waals surface area contributed by atoms with Crippen molar-refractivity contribution in [1.82, 2.24) is 9.71 Å². The van der Waals surface area contributed by atoms with Gasteiger partial charge in [0, 0.05) is 6.04 Å². The zero-order valence-corrected chi connectivity index (χ0v) is 12.8. The van der Waals surface area contributed by atoms with Crippen LogP contribution in [0.25, 0.3) is 0 Å². The van der Waals surface area contributed by atoms with E-state index in [-0.39, 0.29) is 8.68 Å². The molecule has 1 aromatic heterocycles. The standard InChI is InChI=1S/C12H10ClN3O2S2/c1-8(10-4-2-9(6-14)3-5-10)16-20(17,18)11-7-15-12(13)19-11/h2-5,7-8,16H,1H3. The van der Waals surface area contributed by atoms with Crippen molar-refractivity contribution in [3.8, 4) is 6.07 Å². The first-order valence-electron chi connectivity index (χ1n) is 5.56. The number of nitrogens with one attached hydrogen (secondary N) is 1. The van der Waals surface area contributed by atoms with Crippen molar-refractivity contribution in [2.75, 3.05) is 0 Å². The van der Waals surface area contributed by atoms with Crippen LogP contribution < -0.4 is 4.72 Å². The number of hydrogen-bond donors (Lipinski definition) is 1. The van der Waals surface area contributed by atoms with Gasteiger partial charge in [0.2, 0.25) is 0 Å². The van der Waals surface area contributed by atoms with Gasteiger partial charge >= 0.3 is 0 Å². The summed E-state index contributed by atoms with van der Waals surface area (Å²) in [6.07, 6.45) is 1.22. The number of aromatic nitrogens is 1. The molecule has 0 bridgehead atoms. The van der Waals surface area contributed by atoms with Crippen molar-refractivity contribution in [3.63, 3.8) is 0 Å². The molecule has 8 heteroatoms. The van der Waals surface area contributed by atoms with Crippen LogP contribution in [-0.4, -0.2) is 13.4 Å². The third-order valence-corrected chi connectivity index (χ3v) is 5.71. The molecular weight excluding hydrogens is 318 g/mol. The van der Waals surface area contributed by atoms with Crippen LogP contribution in [0.2, 0.25) is 4.47 Å². The van der Waals surface area contributed by atoms with Gasteiger partial charge in [0.1, 0.15) is 0 Å². The van der Waals surface area contributed by atoms with Crippen molar-refractivity contribution in [2.24, 2.45) is 0 Å². The molecule has 1 atom stereocenters. The van der Waals surface area contributed by atoms with Crippen molar-refractivity contribution >= 4 is 33.0 Å². The maximum atomic E-state index is 12.1. The first-order valence-corrected chi connectivity index (χ1v) is 8.24. The molecule has 0 amide bonds. The van der Waals surface area contributed by atoms with Crippen LogP contribution in [0.15, 0.2) is 34.7 Å². The molecule has 0 spiro atoms. The predicted octanol–water partition coefficient (Wildman–Crippen LogP) is 2.71. The van der Waals surface area contributed by atoms with Gasteiger partial charge in [0.25, 0.3) is 10.0 Å². The highest BCUT2D eigenvalue weighted by Gasteiger charge is 2.20. The zero-order chi connectivity index (χ0) is 14.8. The summed E-state index contributed by atoms with van der Waals surface area (Å²) in [4.78, 5) is 3.71. The highest BCUT2D eigenvalue weighted by atomic mass is 35.5. The molecule has 0 aliphatic carbocycles. The average molecular weight is 328 g/mol. The summed E-state index contributed by atoms with van der Waals surface area (Å²) in [5.74, 6) is 0. The molecular formula is C12H10ClN3O2S2. The molecule has 0 saturated carbocycles. The third kappa shape index (κ3) is 3.35. The minimum Gasteiger partial charge on any atom is -0.232 e. The lowest BCUT2D eigenvalue weighted by Gasteiger charge is -2.13. The smallest absolute Gasteiger partial charge is 0.232 e. The molecule has 0 saturated heterocycles. The second-order valence-corrected chi connectivity index (χ2v) is 7.56. The Kier molecular flexibility index (Phi) is 4.40. The normalized spacial score (nSPS) is 12.8. The Morgan fingerprint density at radius 3 is 2.55 bits per heavy atom. The topological polar surface area (TPSA) is 82.8 Å². The molecule has 0 aliphatic rings. The Hall–Kier alpha value is -1.46. The van der Waals surface area contributed by atoms with Crippen LogP contribution in [0.1, 0.15) is 24.1 Å². The second-order valence-electron chi connectivity index (χ2n) is 4.01. The van der Waals surface area contributed by atoms with Crippen LogP contribution in [0, 0.1) is 11.3 Å². The minimum atomic E-state index is -3.65. The van der Waals surface area contributed by atoms with Gasteiger partial charge in [-0.3, -0.25) is 0 Å². The lowest BCUT2D eigenvalue weighted by molar-refractivity contribution is 0.569. The van der Waals surface area contributed by atoms with Gasteiger partial charge in [0.15, 0.2) is 8.68 Å². The number of hydrogen-bond acceptors (Lipinski definition) is 5. The molecule has 1 unspecified atom stereocenters. The lowest BCUT2D eigenvalue weighted by atomic mass is 10.1. The van der Waals surface area contributed by atoms with Crippen LogP contribution in [0.3, 0.4) is 0 Å². The zero-order valence-electron chi connectivity index (χ0n) is 10.4. The minimum absolute atomic E-state index is 0.0722. The highest BCUT2D eigenvalue weighted by Crippen LogP contribution is 2.24. The van der Waals surface area contributed by atoms with Crippen molar-refractivity contribution < 1.29 is 8.42 Å². The molecule has 2 aromatic rings. The quantitative estimate of drug-likeness (QED) is 0.935. The SMILES string of the molecule is CC(NS(=O)(=O)c1cnc(Cl)s1)c1ccc(C#N)cc1. The molecule has 2 rings (SSSR count). The fourth-order valence-corrected chi connectivity index (χ4v) is 4.11. The van der Waals surface area contributed by atoms with Gasteiger partial charge in [-0.05, 0) is 24.6 Å². The first kappa shape index (κ1) is 14.9. The molecule has 0 fully saturated rings. The summed E-state index contributed by atoms with van der Waals surface area (Å²) in [6, 6.07) is 8.30. The second kappa shape index (κ2) is 5.89. The van der Waals surface area contributed by atoms with Gasteiger partial charge in [-0.25, -0.2) is 18.1 Å². The predicted molar refractivity (Wildman–Crippen MR) is 77.0 cm³/mol. The van der Waals surface area contributed by atoms with E-state index in [0.717, 1.165) is 16.9 Å². The molecule has 1 aromatic carbocycles. The van der Waals surface area contributed by atoms with Crippen molar-refractivity contribution in [1.29, 1.82) is 5.26 Å². The van der Waals surface area contributed by atoms with Crippen LogP contribution in [0.4, 0.5) is 0 Å². The summed E-state index contributed by atoms with van der Waals surface area (Å²) in [5.41, 5.74) is 1.29. The number of nitrogens with zero attached hydrogens (tertiary/aromatic N) is 2. The Morgan fingerprint density at radius 1 is 1.40 bits per heavy atom. The number of rotatable bonds is 4. The van der Waals surface area contributed by atoms with E-state index >= 15 is 0 Å². The van der Waals surface area contributed by atoms with Gasteiger partial charge < -0.3 is 0 Å². The summed E-state index contributed by atoms with van der Waals surface area (Å²) >= 11 is 6.54. The van der Waals surface area contributed by atoms with Crippen LogP contribution in [-0.2, 0) is 10.0 Å². The first-order chi connectivity index (χ1) is 9.42. The van der Waals surface area contributed by atoms with Crippen molar-refractivity contribution in [2.45, 2.75) is 17.2 Å². The monoisotopic (exact) mass is 327 g/mol. The Labute approximate surface area is 125 Å². The van der Waals surface area contributed by atoms with E-state index in [1.165, 1.54) is 6.20 Å². The van der Waals surface area contributed by atoms with E-state index in [2.05, 4.69) is 9.71 Å². The van der Waals surface area contributed by atoms with Gasteiger partial charge in [-0.15, -0.1) is 0 Å². The van der Waals surface area contributed by atoms with Gasteiger partial charge in [-0.1, -0.05) is 35.1 Å². The van der Waals surface area contributed by atoms with Crippen molar-refractivity contribution in [3.05, 3.63) is 46.1 Å². The number of benzene rings is 1. The van der Waals surface area contributed by atoms with E-state index < -0.39 is 16.1 Å². The summed E-state index contributed by atoms with van der Waals surface area (Å²) in [7, 11) is -3.65. The highest BCUT2D eigenvalue weighted by molar-refractivity contribution is 7.91. The van der Waals surface area contributed by atoms with E-state index in [1.54, 1.807) is 31.2 Å². The van der Waals surface area contributed by atoms with E-state index in [0.29, 0.717) is 5.56 Å². The Morgan fingerprint density at radius 2 is 2.05 bits per heavy atom. The molecule has 0 radical (unpaired) electrons. The molecule has 5 nitrogen and oxygen atoms in total. The van der Waals surface area contributed by atoms with Crippen LogP contribution in [0.5, 0.6) is 0 Å². The largest absolute Gasteiger partial charge is 0.252 e. The molecule has 0 aliphatic heterocycles. The summed E-state index contributed by atoms with van der Waals surface area (Å²) < 4.78 is 27.0. The molecule has 20 heavy (non-hydrogen) atoms. The third-order valence-electron chi connectivity index (χ3n) is 2.59. The van der Waals surface area contributed by atoms with E-state index in [4.69, 9.17) is 16.9 Å². The van der Waals surface area contributed by atoms with Gasteiger partial charge in [0.05, 0.1) is 17.8 Å². The number of halogens is 1. The summed E-state index contributed by atoms with van der Waals surface area (Å²) in [6.45, 7) is 1.72. The number of nitriles is 1. The molecule has 104 valence electrons. The maximum absolute atomic E-state index is 12.1. The lowest BCUT2D eigenvalue weighted by Crippen LogP contribution is -2.26. The van der Waals surface area contributed by atoms with Gasteiger partial charge in [-0.2, -0.15) is 5.26 Å².